The first-order valence-electron chi connectivity index (χ1n) is 10.2. The normalized spacial score (nSPS) is 22.5. The van der Waals surface area contributed by atoms with Gasteiger partial charge in [0, 0.05) is 51.5 Å². The molecule has 2 aromatic rings. The zero-order chi connectivity index (χ0) is 19.5. The van der Waals surface area contributed by atoms with Crippen molar-refractivity contribution in [3.8, 4) is 0 Å². The number of aryl methyl sites for hydroxylation is 1. The summed E-state index contributed by atoms with van der Waals surface area (Å²) < 4.78 is 2.04. The zero-order valence-corrected chi connectivity index (χ0v) is 16.5. The molecular formula is C22H28N4O2. The van der Waals surface area contributed by atoms with E-state index >= 15 is 0 Å². The van der Waals surface area contributed by atoms with Gasteiger partial charge in [-0.1, -0.05) is 30.3 Å². The summed E-state index contributed by atoms with van der Waals surface area (Å²) in [4.78, 5) is 34.1. The highest BCUT2D eigenvalue weighted by atomic mass is 16.2. The van der Waals surface area contributed by atoms with Gasteiger partial charge in [-0.2, -0.15) is 0 Å². The van der Waals surface area contributed by atoms with Crippen LogP contribution in [0.1, 0.15) is 36.6 Å². The third kappa shape index (κ3) is 3.96. The van der Waals surface area contributed by atoms with Gasteiger partial charge >= 0.3 is 0 Å². The standard InChI is InChI=1S/C22H28N4O2/c1-24-13-10-23-21(24)18-9-12-26(15-18)22(28)19-8-5-11-25(16-19)20(27)14-17-6-3-2-4-7-17/h2-4,6-7,10,13,18-19H,5,8-9,11-12,14-16H2,1H3. The van der Waals surface area contributed by atoms with Gasteiger partial charge < -0.3 is 14.4 Å². The molecule has 2 amide bonds. The number of hydrogen-bond donors (Lipinski definition) is 0. The molecule has 1 aromatic carbocycles. The van der Waals surface area contributed by atoms with E-state index in [-0.39, 0.29) is 17.7 Å². The molecule has 4 rings (SSSR count). The number of imidazole rings is 1. The van der Waals surface area contributed by atoms with Crippen LogP contribution in [0.2, 0.25) is 0 Å². The summed E-state index contributed by atoms with van der Waals surface area (Å²) in [7, 11) is 2.00. The molecular weight excluding hydrogens is 352 g/mol. The van der Waals surface area contributed by atoms with Crippen LogP contribution in [-0.2, 0) is 23.1 Å². The summed E-state index contributed by atoms with van der Waals surface area (Å²) in [6, 6.07) is 9.82. The van der Waals surface area contributed by atoms with Crippen molar-refractivity contribution in [2.45, 2.75) is 31.6 Å². The van der Waals surface area contributed by atoms with Crippen LogP contribution in [-0.4, -0.2) is 57.3 Å². The molecule has 0 spiro atoms. The number of aromatic nitrogens is 2. The van der Waals surface area contributed by atoms with Gasteiger partial charge in [0.1, 0.15) is 5.82 Å². The smallest absolute Gasteiger partial charge is 0.227 e. The summed E-state index contributed by atoms with van der Waals surface area (Å²) in [6.07, 6.45) is 6.91. The number of amides is 2. The number of hydrogen-bond acceptors (Lipinski definition) is 3. The van der Waals surface area contributed by atoms with E-state index in [0.717, 1.165) is 50.3 Å². The summed E-state index contributed by atoms with van der Waals surface area (Å²) >= 11 is 0. The summed E-state index contributed by atoms with van der Waals surface area (Å²) in [5.74, 6) is 1.61. The molecule has 2 saturated heterocycles. The van der Waals surface area contributed by atoms with Crippen LogP contribution in [0.15, 0.2) is 42.7 Å². The van der Waals surface area contributed by atoms with E-state index in [1.54, 1.807) is 0 Å². The first-order chi connectivity index (χ1) is 13.6. The minimum absolute atomic E-state index is 0.0754. The van der Waals surface area contributed by atoms with Crippen molar-refractivity contribution in [2.24, 2.45) is 13.0 Å². The van der Waals surface area contributed by atoms with Gasteiger partial charge in [0.05, 0.1) is 12.3 Å². The molecule has 1 aromatic heterocycles. The molecule has 2 atom stereocenters. The van der Waals surface area contributed by atoms with Crippen LogP contribution in [0.3, 0.4) is 0 Å². The highest BCUT2D eigenvalue weighted by Crippen LogP contribution is 2.28. The Morgan fingerprint density at radius 1 is 1.07 bits per heavy atom. The van der Waals surface area contributed by atoms with E-state index in [1.807, 2.05) is 64.1 Å². The van der Waals surface area contributed by atoms with E-state index in [4.69, 9.17) is 0 Å². The average Bonchev–Trinajstić information content (AvgIpc) is 3.37. The quantitative estimate of drug-likeness (QED) is 0.817. The van der Waals surface area contributed by atoms with Gasteiger partial charge in [0.2, 0.25) is 11.8 Å². The minimum atomic E-state index is -0.0754. The lowest BCUT2D eigenvalue weighted by atomic mass is 9.96. The predicted molar refractivity (Wildman–Crippen MR) is 107 cm³/mol. The molecule has 2 aliphatic rings. The van der Waals surface area contributed by atoms with Crippen molar-refractivity contribution in [1.82, 2.24) is 19.4 Å². The topological polar surface area (TPSA) is 58.4 Å². The fourth-order valence-corrected chi connectivity index (χ4v) is 4.49. The molecule has 0 bridgehead atoms. The molecule has 2 unspecified atom stereocenters. The molecule has 0 aliphatic carbocycles. The largest absolute Gasteiger partial charge is 0.342 e. The Bertz CT molecular complexity index is 832. The Morgan fingerprint density at radius 2 is 1.89 bits per heavy atom. The Balaban J connectivity index is 1.34. The average molecular weight is 380 g/mol. The number of piperidine rings is 1. The second-order valence-corrected chi connectivity index (χ2v) is 8.01. The van der Waals surface area contributed by atoms with Crippen molar-refractivity contribution in [1.29, 1.82) is 0 Å². The Morgan fingerprint density at radius 3 is 2.64 bits per heavy atom. The summed E-state index contributed by atoms with van der Waals surface area (Å²) in [5.41, 5.74) is 1.03. The van der Waals surface area contributed by atoms with Crippen molar-refractivity contribution in [3.63, 3.8) is 0 Å². The molecule has 2 aliphatic heterocycles. The van der Waals surface area contributed by atoms with Crippen molar-refractivity contribution >= 4 is 11.8 Å². The lowest BCUT2D eigenvalue weighted by Gasteiger charge is -2.34. The van der Waals surface area contributed by atoms with Gasteiger partial charge in [-0.15, -0.1) is 0 Å². The van der Waals surface area contributed by atoms with Crippen LogP contribution < -0.4 is 0 Å². The van der Waals surface area contributed by atoms with E-state index in [2.05, 4.69) is 4.98 Å². The van der Waals surface area contributed by atoms with E-state index in [0.29, 0.717) is 18.9 Å². The van der Waals surface area contributed by atoms with Crippen molar-refractivity contribution < 1.29 is 9.59 Å². The summed E-state index contributed by atoms with van der Waals surface area (Å²) in [5, 5.41) is 0. The number of carbonyl (C=O) groups is 2. The maximum absolute atomic E-state index is 13.1. The number of nitrogens with zero attached hydrogens (tertiary/aromatic N) is 4. The second kappa shape index (κ2) is 8.17. The fraction of sp³-hybridized carbons (Fsp3) is 0.500. The third-order valence-electron chi connectivity index (χ3n) is 6.05. The van der Waals surface area contributed by atoms with Gasteiger partial charge in [-0.05, 0) is 24.8 Å². The van der Waals surface area contributed by atoms with Crippen LogP contribution in [0.5, 0.6) is 0 Å². The zero-order valence-electron chi connectivity index (χ0n) is 16.5. The van der Waals surface area contributed by atoms with Crippen LogP contribution in [0.4, 0.5) is 0 Å². The summed E-state index contributed by atoms with van der Waals surface area (Å²) in [6.45, 7) is 2.82. The highest BCUT2D eigenvalue weighted by molar-refractivity contribution is 5.82. The van der Waals surface area contributed by atoms with Gasteiger partial charge in [0.15, 0.2) is 0 Å². The Labute approximate surface area is 166 Å². The van der Waals surface area contributed by atoms with E-state index in [9.17, 15) is 9.59 Å². The molecule has 148 valence electrons. The lowest BCUT2D eigenvalue weighted by Crippen LogP contribution is -2.46. The predicted octanol–water partition coefficient (Wildman–Crippen LogP) is 2.22. The first kappa shape index (κ1) is 18.7. The maximum atomic E-state index is 13.1. The molecule has 0 N–H and O–H groups in total. The van der Waals surface area contributed by atoms with Gasteiger partial charge in [0.25, 0.3) is 0 Å². The highest BCUT2D eigenvalue weighted by Gasteiger charge is 2.35. The van der Waals surface area contributed by atoms with E-state index < -0.39 is 0 Å². The molecule has 2 fully saturated rings. The van der Waals surface area contributed by atoms with Crippen LogP contribution >= 0.6 is 0 Å². The Hall–Kier alpha value is -2.63. The monoisotopic (exact) mass is 380 g/mol. The second-order valence-electron chi connectivity index (χ2n) is 8.01. The van der Waals surface area contributed by atoms with Crippen LogP contribution in [0, 0.1) is 5.92 Å². The lowest BCUT2D eigenvalue weighted by molar-refractivity contribution is -0.139. The number of benzene rings is 1. The molecule has 28 heavy (non-hydrogen) atoms. The Kier molecular flexibility index (Phi) is 5.46. The van der Waals surface area contributed by atoms with Crippen molar-refractivity contribution in [3.05, 3.63) is 54.1 Å². The number of carbonyl (C=O) groups excluding carboxylic acids is 2. The van der Waals surface area contributed by atoms with E-state index in [1.165, 1.54) is 0 Å². The van der Waals surface area contributed by atoms with Gasteiger partial charge in [-0.3, -0.25) is 9.59 Å². The fourth-order valence-electron chi connectivity index (χ4n) is 4.49. The molecule has 3 heterocycles. The number of rotatable bonds is 4. The van der Waals surface area contributed by atoms with Gasteiger partial charge in [-0.25, -0.2) is 4.98 Å². The maximum Gasteiger partial charge on any atom is 0.227 e. The molecule has 0 saturated carbocycles. The number of likely N-dealkylation sites (tertiary alicyclic amines) is 2. The third-order valence-corrected chi connectivity index (χ3v) is 6.05. The van der Waals surface area contributed by atoms with Crippen molar-refractivity contribution in [2.75, 3.05) is 26.2 Å². The molecule has 6 heteroatoms. The molecule has 0 radical (unpaired) electrons. The first-order valence-corrected chi connectivity index (χ1v) is 10.2. The van der Waals surface area contributed by atoms with Crippen LogP contribution in [0.25, 0.3) is 0 Å². The molecule has 6 nitrogen and oxygen atoms in total. The minimum Gasteiger partial charge on any atom is -0.342 e. The SMILES string of the molecule is Cn1ccnc1C1CCN(C(=O)C2CCCN(C(=O)Cc3ccccc3)C2)C1.